The SMILES string of the molecule is COC1CC(c2ncccc2C(C(=O)O)N2CCC(OCCCCc3ccc4c(n3)NCCC4)C2)C1. The zero-order valence-corrected chi connectivity index (χ0v) is 21.2. The Bertz CT molecular complexity index is 1040. The van der Waals surface area contributed by atoms with Crippen molar-refractivity contribution in [1.29, 1.82) is 0 Å². The topological polar surface area (TPSA) is 96.8 Å². The molecule has 194 valence electrons. The van der Waals surface area contributed by atoms with E-state index in [-0.39, 0.29) is 18.1 Å². The molecule has 3 aliphatic rings. The lowest BCUT2D eigenvalue weighted by Crippen LogP contribution is -2.36. The number of fused-ring (bicyclic) bond motifs is 1. The van der Waals surface area contributed by atoms with Gasteiger partial charge in [-0.2, -0.15) is 0 Å². The standard InChI is InChI=1S/C28H38N4O4/c1-35-23-16-20(17-23)25-24(8-5-12-29-25)26(28(33)34)32-14-11-22(18-32)36-15-3-2-7-21-10-9-19-6-4-13-30-27(19)31-21/h5,8-10,12,20,22-23,26H,2-4,6-7,11,13-18H2,1H3,(H,30,31)(H,33,34). The monoisotopic (exact) mass is 494 g/mol. The second-order valence-electron chi connectivity index (χ2n) is 10.3. The summed E-state index contributed by atoms with van der Waals surface area (Å²) in [6.45, 7) is 3.05. The van der Waals surface area contributed by atoms with Crippen LogP contribution in [0.5, 0.6) is 0 Å². The number of anilines is 1. The van der Waals surface area contributed by atoms with Gasteiger partial charge >= 0.3 is 5.97 Å². The van der Waals surface area contributed by atoms with Crippen LogP contribution in [0.3, 0.4) is 0 Å². The molecular formula is C28H38N4O4. The van der Waals surface area contributed by atoms with Crippen LogP contribution >= 0.6 is 0 Å². The summed E-state index contributed by atoms with van der Waals surface area (Å²) in [5, 5.41) is 13.6. The summed E-state index contributed by atoms with van der Waals surface area (Å²) in [6.07, 6.45) is 9.98. The van der Waals surface area contributed by atoms with Gasteiger partial charge in [0.25, 0.3) is 0 Å². The molecule has 2 aliphatic heterocycles. The Morgan fingerprint density at radius 3 is 2.97 bits per heavy atom. The number of ether oxygens (including phenoxy) is 2. The van der Waals surface area contributed by atoms with Gasteiger partial charge in [0.15, 0.2) is 0 Å². The number of methoxy groups -OCH3 is 1. The molecule has 2 atom stereocenters. The van der Waals surface area contributed by atoms with Crippen molar-refractivity contribution in [1.82, 2.24) is 14.9 Å². The molecule has 2 aromatic rings. The molecule has 5 rings (SSSR count). The average Bonchev–Trinajstić information content (AvgIpc) is 3.32. The summed E-state index contributed by atoms with van der Waals surface area (Å²) in [4.78, 5) is 23.8. The zero-order valence-electron chi connectivity index (χ0n) is 21.2. The number of nitrogens with one attached hydrogen (secondary N) is 1. The molecule has 2 N–H and O–H groups in total. The first kappa shape index (κ1) is 25.1. The zero-order chi connectivity index (χ0) is 24.9. The number of pyridine rings is 2. The van der Waals surface area contributed by atoms with E-state index in [0.717, 1.165) is 74.3 Å². The van der Waals surface area contributed by atoms with Gasteiger partial charge in [-0.15, -0.1) is 0 Å². The summed E-state index contributed by atoms with van der Waals surface area (Å²) < 4.78 is 11.6. The molecular weight excluding hydrogens is 456 g/mol. The third-order valence-electron chi connectivity index (χ3n) is 7.89. The fraction of sp³-hybridized carbons (Fsp3) is 0.607. The van der Waals surface area contributed by atoms with E-state index in [4.69, 9.17) is 14.5 Å². The fourth-order valence-corrected chi connectivity index (χ4v) is 5.76. The highest BCUT2D eigenvalue weighted by Gasteiger charge is 2.39. The lowest BCUT2D eigenvalue weighted by Gasteiger charge is -2.36. The second-order valence-corrected chi connectivity index (χ2v) is 10.3. The number of carboxylic acids is 1. The molecule has 2 fully saturated rings. The smallest absolute Gasteiger partial charge is 0.325 e. The lowest BCUT2D eigenvalue weighted by molar-refractivity contribution is -0.143. The van der Waals surface area contributed by atoms with Gasteiger partial charge in [0.2, 0.25) is 0 Å². The number of carboxylic acid groups (broad SMARTS) is 1. The van der Waals surface area contributed by atoms with E-state index in [1.54, 1.807) is 13.3 Å². The van der Waals surface area contributed by atoms with Crippen LogP contribution in [-0.2, 0) is 27.1 Å². The molecule has 36 heavy (non-hydrogen) atoms. The van der Waals surface area contributed by atoms with E-state index in [1.165, 1.54) is 12.0 Å². The summed E-state index contributed by atoms with van der Waals surface area (Å²) in [6, 6.07) is 7.45. The highest BCUT2D eigenvalue weighted by molar-refractivity contribution is 5.76. The van der Waals surface area contributed by atoms with Crippen LogP contribution < -0.4 is 5.32 Å². The minimum Gasteiger partial charge on any atom is -0.480 e. The largest absolute Gasteiger partial charge is 0.480 e. The molecule has 2 unspecified atom stereocenters. The van der Waals surface area contributed by atoms with Crippen molar-refractivity contribution in [3.8, 4) is 0 Å². The Balaban J connectivity index is 1.10. The van der Waals surface area contributed by atoms with Gasteiger partial charge in [0, 0.05) is 62.4 Å². The number of rotatable bonds is 11. The number of carbonyl (C=O) groups is 1. The van der Waals surface area contributed by atoms with Gasteiger partial charge in [-0.25, -0.2) is 4.98 Å². The van der Waals surface area contributed by atoms with E-state index in [1.807, 2.05) is 17.0 Å². The van der Waals surface area contributed by atoms with E-state index >= 15 is 0 Å². The Morgan fingerprint density at radius 2 is 2.14 bits per heavy atom. The van der Waals surface area contributed by atoms with Gasteiger partial charge in [-0.05, 0) is 69.1 Å². The first-order valence-corrected chi connectivity index (χ1v) is 13.4. The Morgan fingerprint density at radius 1 is 1.25 bits per heavy atom. The Labute approximate surface area is 213 Å². The van der Waals surface area contributed by atoms with Gasteiger partial charge < -0.3 is 19.9 Å². The molecule has 1 saturated carbocycles. The molecule has 1 aliphatic carbocycles. The van der Waals surface area contributed by atoms with Crippen molar-refractivity contribution in [2.24, 2.45) is 0 Å². The van der Waals surface area contributed by atoms with Crippen molar-refractivity contribution in [2.45, 2.75) is 75.5 Å². The number of likely N-dealkylation sites (tertiary alicyclic amines) is 1. The number of aliphatic carboxylic acids is 1. The second kappa shape index (κ2) is 11.7. The third kappa shape index (κ3) is 5.71. The molecule has 0 amide bonds. The number of unbranched alkanes of at least 4 members (excludes halogenated alkanes) is 1. The van der Waals surface area contributed by atoms with Crippen LogP contribution in [-0.4, -0.2) is 71.5 Å². The summed E-state index contributed by atoms with van der Waals surface area (Å²) >= 11 is 0. The van der Waals surface area contributed by atoms with Crippen LogP contribution in [0, 0.1) is 0 Å². The molecule has 0 bridgehead atoms. The Hall–Kier alpha value is -2.55. The van der Waals surface area contributed by atoms with Crippen molar-refractivity contribution in [2.75, 3.05) is 38.7 Å². The highest BCUT2D eigenvalue weighted by Crippen LogP contribution is 2.41. The first-order valence-electron chi connectivity index (χ1n) is 13.4. The maximum atomic E-state index is 12.4. The van der Waals surface area contributed by atoms with E-state index in [0.29, 0.717) is 19.7 Å². The summed E-state index contributed by atoms with van der Waals surface area (Å²) in [5.74, 6) is 0.504. The average molecular weight is 495 g/mol. The molecule has 8 nitrogen and oxygen atoms in total. The van der Waals surface area contributed by atoms with Crippen molar-refractivity contribution in [3.63, 3.8) is 0 Å². The lowest BCUT2D eigenvalue weighted by atomic mass is 9.77. The molecule has 8 heteroatoms. The van der Waals surface area contributed by atoms with E-state index in [2.05, 4.69) is 22.4 Å². The van der Waals surface area contributed by atoms with Crippen LogP contribution in [0.25, 0.3) is 0 Å². The predicted octanol–water partition coefficient (Wildman–Crippen LogP) is 3.97. The van der Waals surface area contributed by atoms with Crippen LogP contribution in [0.1, 0.15) is 73.0 Å². The van der Waals surface area contributed by atoms with Crippen molar-refractivity contribution >= 4 is 11.8 Å². The normalized spacial score (nSPS) is 24.5. The Kier molecular flexibility index (Phi) is 8.14. The maximum absolute atomic E-state index is 12.4. The number of aromatic nitrogens is 2. The molecule has 0 spiro atoms. The van der Waals surface area contributed by atoms with Gasteiger partial charge in [-0.1, -0.05) is 12.1 Å². The van der Waals surface area contributed by atoms with E-state index in [9.17, 15) is 9.90 Å². The summed E-state index contributed by atoms with van der Waals surface area (Å²) in [5.41, 5.74) is 4.19. The molecule has 4 heterocycles. The van der Waals surface area contributed by atoms with E-state index < -0.39 is 12.0 Å². The third-order valence-corrected chi connectivity index (χ3v) is 7.89. The quantitative estimate of drug-likeness (QED) is 0.453. The molecule has 0 radical (unpaired) electrons. The summed E-state index contributed by atoms with van der Waals surface area (Å²) in [7, 11) is 1.73. The number of nitrogens with zero attached hydrogens (tertiary/aromatic N) is 3. The fourth-order valence-electron chi connectivity index (χ4n) is 5.76. The van der Waals surface area contributed by atoms with Crippen molar-refractivity contribution < 1.29 is 19.4 Å². The molecule has 1 saturated heterocycles. The van der Waals surface area contributed by atoms with Crippen LogP contribution in [0.2, 0.25) is 0 Å². The van der Waals surface area contributed by atoms with Crippen LogP contribution in [0.4, 0.5) is 5.82 Å². The first-order chi connectivity index (χ1) is 17.6. The number of hydrogen-bond acceptors (Lipinski definition) is 7. The molecule has 2 aromatic heterocycles. The minimum atomic E-state index is -0.820. The maximum Gasteiger partial charge on any atom is 0.325 e. The minimum absolute atomic E-state index is 0.0691. The predicted molar refractivity (Wildman–Crippen MR) is 137 cm³/mol. The van der Waals surface area contributed by atoms with Crippen LogP contribution in [0.15, 0.2) is 30.5 Å². The van der Waals surface area contributed by atoms with Gasteiger partial charge in [0.05, 0.1) is 12.2 Å². The number of aryl methyl sites for hydroxylation is 2. The van der Waals surface area contributed by atoms with Gasteiger partial charge in [-0.3, -0.25) is 14.7 Å². The number of hydrogen-bond donors (Lipinski definition) is 2. The van der Waals surface area contributed by atoms with Gasteiger partial charge in [0.1, 0.15) is 11.9 Å². The highest BCUT2D eigenvalue weighted by atomic mass is 16.5. The van der Waals surface area contributed by atoms with Crippen molar-refractivity contribution in [3.05, 3.63) is 53.0 Å². The molecule has 0 aromatic carbocycles.